The lowest BCUT2D eigenvalue weighted by Gasteiger charge is -2.23. The van der Waals surface area contributed by atoms with Crippen LogP contribution < -0.4 is 10.1 Å². The van der Waals surface area contributed by atoms with Crippen molar-refractivity contribution in [1.82, 2.24) is 10.3 Å². The van der Waals surface area contributed by atoms with Gasteiger partial charge in [0.2, 0.25) is 11.3 Å². The van der Waals surface area contributed by atoms with E-state index in [2.05, 4.69) is 38.8 Å². The van der Waals surface area contributed by atoms with E-state index in [1.165, 1.54) is 11.8 Å². The quantitative estimate of drug-likeness (QED) is 0.425. The Morgan fingerprint density at radius 1 is 1.50 bits per heavy atom. The Hall–Kier alpha value is -1.46. The number of aromatic nitrogens is 1. The van der Waals surface area contributed by atoms with E-state index in [9.17, 15) is 4.79 Å². The second-order valence-electron chi connectivity index (χ2n) is 5.87. The lowest BCUT2D eigenvalue weighted by molar-refractivity contribution is -0.125. The standard InChI is InChI=1S/C18H19IN2O2S/c1-6-18(3,4)21-15(22)17(24-5)23-16-13(19)10-12-9-7-8-11(2)14(12)20-16/h1,7-10,17H,2-5H3,(H,21,22). The first-order valence-corrected chi connectivity index (χ1v) is 9.69. The fraction of sp³-hybridized carbons (Fsp3) is 0.333. The number of carbonyl (C=O) groups is 1. The zero-order chi connectivity index (χ0) is 17.9. The van der Waals surface area contributed by atoms with Crippen molar-refractivity contribution >= 4 is 51.2 Å². The van der Waals surface area contributed by atoms with Gasteiger partial charge in [-0.3, -0.25) is 4.79 Å². The first kappa shape index (κ1) is 18.9. The molecule has 1 heterocycles. The minimum absolute atomic E-state index is 0.270. The van der Waals surface area contributed by atoms with Crippen molar-refractivity contribution in [3.05, 3.63) is 33.4 Å². The van der Waals surface area contributed by atoms with Gasteiger partial charge in [0.1, 0.15) is 0 Å². The molecule has 1 amide bonds. The molecule has 1 N–H and O–H groups in total. The number of fused-ring (bicyclic) bond motifs is 1. The molecule has 0 aliphatic rings. The molecule has 0 fully saturated rings. The maximum absolute atomic E-state index is 12.4. The molecule has 2 aromatic rings. The minimum atomic E-state index is -0.727. The Bertz CT molecular complexity index is 815. The average molecular weight is 454 g/mol. The summed E-state index contributed by atoms with van der Waals surface area (Å²) in [4.78, 5) is 17.0. The molecule has 1 unspecified atom stereocenters. The first-order valence-electron chi connectivity index (χ1n) is 7.32. The van der Waals surface area contributed by atoms with Crippen LogP contribution in [0.2, 0.25) is 0 Å². The van der Waals surface area contributed by atoms with Crippen LogP contribution in [0.25, 0.3) is 10.9 Å². The van der Waals surface area contributed by atoms with Gasteiger partial charge >= 0.3 is 0 Å². The van der Waals surface area contributed by atoms with Crippen LogP contribution in [0.1, 0.15) is 19.4 Å². The maximum Gasteiger partial charge on any atom is 0.272 e. The first-order chi connectivity index (χ1) is 11.3. The van der Waals surface area contributed by atoms with Crippen LogP contribution in [0.4, 0.5) is 0 Å². The highest BCUT2D eigenvalue weighted by molar-refractivity contribution is 14.1. The molecule has 1 atom stereocenters. The van der Waals surface area contributed by atoms with Gasteiger partial charge < -0.3 is 10.1 Å². The molecule has 0 saturated carbocycles. The molecule has 0 radical (unpaired) electrons. The van der Waals surface area contributed by atoms with E-state index in [0.29, 0.717) is 5.88 Å². The number of halogens is 1. The number of carbonyl (C=O) groups excluding carboxylic acids is 1. The number of amides is 1. The zero-order valence-electron chi connectivity index (χ0n) is 14.0. The van der Waals surface area contributed by atoms with Crippen molar-refractivity contribution in [3.63, 3.8) is 0 Å². The molecule has 2 rings (SSSR count). The Balaban J connectivity index is 2.29. The third-order valence-corrected chi connectivity index (χ3v) is 4.92. The summed E-state index contributed by atoms with van der Waals surface area (Å²) in [6.07, 6.45) is 7.24. The molecule has 1 aromatic heterocycles. The van der Waals surface area contributed by atoms with Crippen molar-refractivity contribution < 1.29 is 9.53 Å². The number of nitrogens with zero attached hydrogens (tertiary/aromatic N) is 1. The predicted molar refractivity (Wildman–Crippen MR) is 108 cm³/mol. The molecule has 126 valence electrons. The third-order valence-electron chi connectivity index (χ3n) is 3.41. The number of aryl methyl sites for hydroxylation is 1. The van der Waals surface area contributed by atoms with Gasteiger partial charge in [0.25, 0.3) is 5.91 Å². The summed E-state index contributed by atoms with van der Waals surface area (Å²) in [6.45, 7) is 5.54. The van der Waals surface area contributed by atoms with E-state index in [4.69, 9.17) is 11.2 Å². The zero-order valence-corrected chi connectivity index (χ0v) is 17.0. The molecule has 0 saturated heterocycles. The number of pyridine rings is 1. The molecule has 0 spiro atoms. The van der Waals surface area contributed by atoms with Gasteiger partial charge in [0.15, 0.2) is 0 Å². The molecule has 0 bridgehead atoms. The highest BCUT2D eigenvalue weighted by Gasteiger charge is 2.26. The van der Waals surface area contributed by atoms with Crippen LogP contribution in [0.5, 0.6) is 5.88 Å². The van der Waals surface area contributed by atoms with Gasteiger partial charge in [-0.15, -0.1) is 18.2 Å². The molecule has 0 aliphatic heterocycles. The summed E-state index contributed by atoms with van der Waals surface area (Å²) < 4.78 is 6.73. The van der Waals surface area contributed by atoms with Crippen molar-refractivity contribution in [2.45, 2.75) is 31.7 Å². The second kappa shape index (κ2) is 7.62. The Morgan fingerprint density at radius 3 is 2.83 bits per heavy atom. The molecule has 24 heavy (non-hydrogen) atoms. The van der Waals surface area contributed by atoms with E-state index in [-0.39, 0.29) is 5.91 Å². The van der Waals surface area contributed by atoms with Gasteiger partial charge in [0, 0.05) is 5.39 Å². The average Bonchev–Trinajstić information content (AvgIpc) is 2.53. The van der Waals surface area contributed by atoms with Crippen molar-refractivity contribution in [1.29, 1.82) is 0 Å². The maximum atomic E-state index is 12.4. The number of thioether (sulfide) groups is 1. The summed E-state index contributed by atoms with van der Waals surface area (Å²) >= 11 is 3.46. The van der Waals surface area contributed by atoms with E-state index >= 15 is 0 Å². The lowest BCUT2D eigenvalue weighted by atomic mass is 10.1. The topological polar surface area (TPSA) is 51.2 Å². The van der Waals surface area contributed by atoms with Gasteiger partial charge in [-0.25, -0.2) is 4.98 Å². The molecule has 6 heteroatoms. The summed E-state index contributed by atoms with van der Waals surface area (Å²) in [7, 11) is 0. The van der Waals surface area contributed by atoms with Crippen LogP contribution in [-0.4, -0.2) is 28.1 Å². The summed E-state index contributed by atoms with van der Waals surface area (Å²) in [5.74, 6) is 2.72. The molecular weight excluding hydrogens is 435 g/mol. The number of para-hydroxylation sites is 1. The number of hydrogen-bond donors (Lipinski definition) is 1. The van der Waals surface area contributed by atoms with Crippen molar-refractivity contribution in [3.8, 4) is 18.2 Å². The van der Waals surface area contributed by atoms with Crippen LogP contribution in [0.3, 0.4) is 0 Å². The lowest BCUT2D eigenvalue weighted by Crippen LogP contribution is -2.47. The molecular formula is C18H19IN2O2S. The Kier molecular flexibility index (Phi) is 5.99. The van der Waals surface area contributed by atoms with Crippen LogP contribution >= 0.6 is 34.4 Å². The van der Waals surface area contributed by atoms with Crippen LogP contribution in [0, 0.1) is 22.8 Å². The predicted octanol–water partition coefficient (Wildman–Crippen LogP) is 3.74. The Morgan fingerprint density at radius 2 is 2.21 bits per heavy atom. The monoisotopic (exact) mass is 454 g/mol. The van der Waals surface area contributed by atoms with Gasteiger partial charge in [-0.05, 0) is 61.2 Å². The fourth-order valence-corrected chi connectivity index (χ4v) is 3.14. The fourth-order valence-electron chi connectivity index (χ4n) is 2.10. The number of benzene rings is 1. The van der Waals surface area contributed by atoms with Gasteiger partial charge in [-0.2, -0.15) is 0 Å². The molecule has 0 aliphatic carbocycles. The highest BCUT2D eigenvalue weighted by atomic mass is 127. The van der Waals surface area contributed by atoms with E-state index in [0.717, 1.165) is 20.0 Å². The van der Waals surface area contributed by atoms with E-state index in [1.807, 2.05) is 37.4 Å². The van der Waals surface area contributed by atoms with Crippen LogP contribution in [0.15, 0.2) is 24.3 Å². The second-order valence-corrected chi connectivity index (χ2v) is 7.93. The third kappa shape index (κ3) is 4.33. The Labute approximate surface area is 160 Å². The molecule has 4 nitrogen and oxygen atoms in total. The number of ether oxygens (including phenoxy) is 1. The number of hydrogen-bond acceptors (Lipinski definition) is 4. The van der Waals surface area contributed by atoms with Crippen molar-refractivity contribution in [2.24, 2.45) is 0 Å². The molecule has 1 aromatic carbocycles. The summed E-state index contributed by atoms with van der Waals surface area (Å²) in [6, 6.07) is 8.01. The summed E-state index contributed by atoms with van der Waals surface area (Å²) in [5.41, 5.74) is 0.485. The SMILES string of the molecule is C#CC(C)(C)NC(=O)C(Oc1nc2c(C)cccc2cc1I)SC. The van der Waals surface area contributed by atoms with Crippen molar-refractivity contribution in [2.75, 3.05) is 6.26 Å². The minimum Gasteiger partial charge on any atom is -0.452 e. The van der Waals surface area contributed by atoms with Gasteiger partial charge in [0.05, 0.1) is 14.6 Å². The van der Waals surface area contributed by atoms with Crippen LogP contribution in [-0.2, 0) is 4.79 Å². The van der Waals surface area contributed by atoms with E-state index < -0.39 is 11.0 Å². The largest absolute Gasteiger partial charge is 0.452 e. The van der Waals surface area contributed by atoms with E-state index in [1.54, 1.807) is 13.8 Å². The normalized spacial score (nSPS) is 12.5. The smallest absolute Gasteiger partial charge is 0.272 e. The summed E-state index contributed by atoms with van der Waals surface area (Å²) in [5, 5.41) is 3.84. The number of nitrogens with one attached hydrogen (secondary N) is 1. The number of terminal acetylenes is 1. The highest BCUT2D eigenvalue weighted by Crippen LogP contribution is 2.27. The van der Waals surface area contributed by atoms with Gasteiger partial charge in [-0.1, -0.05) is 24.1 Å². The number of rotatable bonds is 5.